The molecule has 2 aromatic carbocycles. The van der Waals surface area contributed by atoms with Gasteiger partial charge in [-0.2, -0.15) is 0 Å². The van der Waals surface area contributed by atoms with Crippen molar-refractivity contribution in [1.82, 2.24) is 0 Å². The quantitative estimate of drug-likeness (QED) is 0.714. The van der Waals surface area contributed by atoms with Crippen molar-refractivity contribution in [1.29, 1.82) is 0 Å². The molecule has 100 valence electrons. The zero-order valence-corrected chi connectivity index (χ0v) is 10.7. The summed E-state index contributed by atoms with van der Waals surface area (Å²) in [5.74, 6) is 0.597. The second-order valence-corrected chi connectivity index (χ2v) is 4.35. The Morgan fingerprint density at radius 1 is 1.10 bits per heavy atom. The van der Waals surface area contributed by atoms with Crippen LogP contribution in [-0.2, 0) is 0 Å². The third-order valence-corrected chi connectivity index (χ3v) is 3.05. The average molecular weight is 270 g/mol. The third-order valence-electron chi connectivity index (χ3n) is 3.05. The fraction of sp³-hybridized carbons (Fsp3) is 0.0625. The van der Waals surface area contributed by atoms with E-state index in [0.29, 0.717) is 22.5 Å². The van der Waals surface area contributed by atoms with E-state index in [2.05, 4.69) is 0 Å². The monoisotopic (exact) mass is 270 g/mol. The SMILES string of the molecule is COc1cccc(-c2cc(=O)c3ccc(F)cc3o2)c1. The minimum atomic E-state index is -0.441. The number of fused-ring (bicyclic) bond motifs is 1. The Hall–Kier alpha value is -2.62. The van der Waals surface area contributed by atoms with Crippen LogP contribution < -0.4 is 10.2 Å². The zero-order chi connectivity index (χ0) is 14.1. The Morgan fingerprint density at radius 2 is 1.95 bits per heavy atom. The lowest BCUT2D eigenvalue weighted by atomic mass is 10.1. The minimum Gasteiger partial charge on any atom is -0.497 e. The summed E-state index contributed by atoms with van der Waals surface area (Å²) in [6.07, 6.45) is 0. The molecular weight excluding hydrogens is 259 g/mol. The lowest BCUT2D eigenvalue weighted by Crippen LogP contribution is -2.00. The van der Waals surface area contributed by atoms with E-state index in [1.54, 1.807) is 31.4 Å². The van der Waals surface area contributed by atoms with Crippen molar-refractivity contribution in [2.45, 2.75) is 0 Å². The Balaban J connectivity index is 2.23. The molecule has 20 heavy (non-hydrogen) atoms. The van der Waals surface area contributed by atoms with Gasteiger partial charge < -0.3 is 9.15 Å². The van der Waals surface area contributed by atoms with Crippen LogP contribution in [-0.4, -0.2) is 7.11 Å². The van der Waals surface area contributed by atoms with E-state index >= 15 is 0 Å². The standard InChI is InChI=1S/C16H11FO3/c1-19-12-4-2-3-10(7-12)15-9-14(18)13-6-5-11(17)8-16(13)20-15/h2-9H,1H3. The number of halogens is 1. The van der Waals surface area contributed by atoms with E-state index < -0.39 is 5.82 Å². The Morgan fingerprint density at radius 3 is 2.75 bits per heavy atom. The molecule has 3 aromatic rings. The molecule has 0 aliphatic heterocycles. The van der Waals surface area contributed by atoms with Crippen LogP contribution in [0.5, 0.6) is 5.75 Å². The first-order valence-corrected chi connectivity index (χ1v) is 6.05. The number of hydrogen-bond acceptors (Lipinski definition) is 3. The molecule has 3 nitrogen and oxygen atoms in total. The molecule has 3 rings (SSSR count). The number of benzene rings is 2. The molecule has 0 unspecified atom stereocenters. The summed E-state index contributed by atoms with van der Waals surface area (Å²) < 4.78 is 24.0. The van der Waals surface area contributed by atoms with Crippen LogP contribution in [0.1, 0.15) is 0 Å². The molecule has 0 bridgehead atoms. The van der Waals surface area contributed by atoms with Crippen molar-refractivity contribution in [3.05, 3.63) is 64.6 Å². The van der Waals surface area contributed by atoms with Crippen molar-refractivity contribution in [3.63, 3.8) is 0 Å². The Labute approximate surface area is 114 Å². The van der Waals surface area contributed by atoms with Crippen molar-refractivity contribution in [2.24, 2.45) is 0 Å². The van der Waals surface area contributed by atoms with Gasteiger partial charge in [-0.05, 0) is 24.3 Å². The summed E-state index contributed by atoms with van der Waals surface area (Å²) in [6.45, 7) is 0. The second kappa shape index (κ2) is 4.81. The highest BCUT2D eigenvalue weighted by molar-refractivity contribution is 5.78. The van der Waals surface area contributed by atoms with E-state index in [1.165, 1.54) is 24.3 Å². The van der Waals surface area contributed by atoms with Gasteiger partial charge in [-0.15, -0.1) is 0 Å². The van der Waals surface area contributed by atoms with Gasteiger partial charge in [0.15, 0.2) is 5.43 Å². The van der Waals surface area contributed by atoms with Gasteiger partial charge in [0.05, 0.1) is 12.5 Å². The maximum absolute atomic E-state index is 13.2. The maximum Gasteiger partial charge on any atom is 0.193 e. The van der Waals surface area contributed by atoms with Gasteiger partial charge in [-0.3, -0.25) is 4.79 Å². The molecule has 0 fully saturated rings. The molecule has 0 saturated heterocycles. The first-order chi connectivity index (χ1) is 9.67. The van der Waals surface area contributed by atoms with Gasteiger partial charge >= 0.3 is 0 Å². The van der Waals surface area contributed by atoms with Crippen LogP contribution >= 0.6 is 0 Å². The molecule has 1 heterocycles. The van der Waals surface area contributed by atoms with Gasteiger partial charge in [0.25, 0.3) is 0 Å². The molecular formula is C16H11FO3. The highest BCUT2D eigenvalue weighted by Crippen LogP contribution is 2.25. The first-order valence-electron chi connectivity index (χ1n) is 6.05. The summed E-state index contributed by atoms with van der Waals surface area (Å²) in [5.41, 5.74) is 0.729. The highest BCUT2D eigenvalue weighted by Gasteiger charge is 2.08. The first kappa shape index (κ1) is 12.4. The molecule has 0 radical (unpaired) electrons. The maximum atomic E-state index is 13.2. The number of methoxy groups -OCH3 is 1. The van der Waals surface area contributed by atoms with Crippen molar-refractivity contribution in [2.75, 3.05) is 7.11 Å². The third kappa shape index (κ3) is 2.16. The van der Waals surface area contributed by atoms with Crippen molar-refractivity contribution >= 4 is 11.0 Å². The van der Waals surface area contributed by atoms with Crippen molar-refractivity contribution in [3.8, 4) is 17.1 Å². The summed E-state index contributed by atoms with van der Waals surface area (Å²) in [6, 6.07) is 12.4. The fourth-order valence-electron chi connectivity index (χ4n) is 2.05. The predicted octanol–water partition coefficient (Wildman–Crippen LogP) is 3.61. The molecule has 0 saturated carbocycles. The predicted molar refractivity (Wildman–Crippen MR) is 74.4 cm³/mol. The summed E-state index contributed by atoms with van der Waals surface area (Å²) in [4.78, 5) is 12.0. The molecule has 4 heteroatoms. The van der Waals surface area contributed by atoms with Crippen molar-refractivity contribution < 1.29 is 13.5 Å². The van der Waals surface area contributed by atoms with Gasteiger partial charge in [0.1, 0.15) is 22.9 Å². The molecule has 0 aliphatic carbocycles. The van der Waals surface area contributed by atoms with Crippen LogP contribution in [0.2, 0.25) is 0 Å². The van der Waals surface area contributed by atoms with Gasteiger partial charge in [-0.1, -0.05) is 12.1 Å². The minimum absolute atomic E-state index is 0.205. The van der Waals surface area contributed by atoms with E-state index in [-0.39, 0.29) is 11.0 Å². The summed E-state index contributed by atoms with van der Waals surface area (Å²) in [7, 11) is 1.56. The molecule has 0 amide bonds. The molecule has 0 spiro atoms. The number of ether oxygens (including phenoxy) is 1. The largest absolute Gasteiger partial charge is 0.497 e. The molecule has 0 atom stereocenters. The molecule has 1 aromatic heterocycles. The van der Waals surface area contributed by atoms with Gasteiger partial charge in [0.2, 0.25) is 0 Å². The van der Waals surface area contributed by atoms with Crippen LogP contribution in [0.15, 0.2) is 57.7 Å². The molecule has 0 aliphatic rings. The second-order valence-electron chi connectivity index (χ2n) is 4.35. The van der Waals surface area contributed by atoms with Crippen LogP contribution in [0, 0.1) is 5.82 Å². The smallest absolute Gasteiger partial charge is 0.193 e. The van der Waals surface area contributed by atoms with E-state index in [1.807, 2.05) is 0 Å². The van der Waals surface area contributed by atoms with Crippen LogP contribution in [0.4, 0.5) is 4.39 Å². The average Bonchev–Trinajstić information content (AvgIpc) is 2.46. The topological polar surface area (TPSA) is 39.4 Å². The van der Waals surface area contributed by atoms with Crippen LogP contribution in [0.3, 0.4) is 0 Å². The Bertz CT molecular complexity index is 836. The van der Waals surface area contributed by atoms with Crippen LogP contribution in [0.25, 0.3) is 22.3 Å². The summed E-state index contributed by atoms with van der Waals surface area (Å²) >= 11 is 0. The zero-order valence-electron chi connectivity index (χ0n) is 10.7. The lowest BCUT2D eigenvalue weighted by molar-refractivity contribution is 0.415. The van der Waals surface area contributed by atoms with E-state index in [9.17, 15) is 9.18 Å². The normalized spacial score (nSPS) is 10.7. The number of hydrogen-bond donors (Lipinski definition) is 0. The highest BCUT2D eigenvalue weighted by atomic mass is 19.1. The molecule has 0 N–H and O–H groups in total. The fourth-order valence-corrected chi connectivity index (χ4v) is 2.05. The van der Waals surface area contributed by atoms with E-state index in [4.69, 9.17) is 9.15 Å². The van der Waals surface area contributed by atoms with Gasteiger partial charge in [-0.25, -0.2) is 4.39 Å². The lowest BCUT2D eigenvalue weighted by Gasteiger charge is -2.05. The van der Waals surface area contributed by atoms with Gasteiger partial charge in [0, 0.05) is 17.7 Å². The van der Waals surface area contributed by atoms with E-state index in [0.717, 1.165) is 0 Å². The number of rotatable bonds is 2. The summed E-state index contributed by atoms with van der Waals surface area (Å²) in [5, 5.41) is 0.359. The Kier molecular flexibility index (Phi) is 2.99.